The minimum absolute atomic E-state index is 0.340. The standard InChI is InChI=1S/C10H13NO4S/c1-7-4-3-5-11-9(7)6-16(14,15)8(2)10(12)13/h3-5,8H,6H2,1-2H3,(H,12,13). The molecule has 1 atom stereocenters. The van der Waals surface area contributed by atoms with Gasteiger partial charge in [0.05, 0.1) is 11.4 Å². The molecule has 0 amide bonds. The SMILES string of the molecule is Cc1cccnc1CS(=O)(=O)C(C)C(=O)O. The molecule has 1 aromatic heterocycles. The van der Waals surface area contributed by atoms with Crippen LogP contribution in [0.4, 0.5) is 0 Å². The number of hydrogen-bond donors (Lipinski definition) is 1. The first-order chi connectivity index (χ1) is 7.34. The van der Waals surface area contributed by atoms with Crippen molar-refractivity contribution in [3.8, 4) is 0 Å². The highest BCUT2D eigenvalue weighted by Crippen LogP contribution is 2.12. The third kappa shape index (κ3) is 2.79. The summed E-state index contributed by atoms with van der Waals surface area (Å²) < 4.78 is 23.3. The Morgan fingerprint density at radius 3 is 2.69 bits per heavy atom. The van der Waals surface area contributed by atoms with Crippen LogP contribution in [0.3, 0.4) is 0 Å². The molecule has 5 nitrogen and oxygen atoms in total. The number of pyridine rings is 1. The van der Waals surface area contributed by atoms with E-state index < -0.39 is 21.1 Å². The Bertz CT molecular complexity index is 495. The van der Waals surface area contributed by atoms with E-state index in [1.807, 2.05) is 0 Å². The summed E-state index contributed by atoms with van der Waals surface area (Å²) in [5, 5.41) is 7.26. The van der Waals surface area contributed by atoms with Gasteiger partial charge in [-0.1, -0.05) is 6.07 Å². The first-order valence-electron chi connectivity index (χ1n) is 4.69. The molecule has 16 heavy (non-hydrogen) atoms. The van der Waals surface area contributed by atoms with Crippen molar-refractivity contribution in [3.63, 3.8) is 0 Å². The van der Waals surface area contributed by atoms with E-state index >= 15 is 0 Å². The zero-order valence-electron chi connectivity index (χ0n) is 9.04. The van der Waals surface area contributed by atoms with Gasteiger partial charge in [-0.3, -0.25) is 9.78 Å². The van der Waals surface area contributed by atoms with Crippen molar-refractivity contribution >= 4 is 15.8 Å². The van der Waals surface area contributed by atoms with E-state index in [1.54, 1.807) is 19.1 Å². The first kappa shape index (κ1) is 12.6. The fraction of sp³-hybridized carbons (Fsp3) is 0.400. The zero-order valence-corrected chi connectivity index (χ0v) is 9.86. The second kappa shape index (κ2) is 4.61. The molecule has 0 radical (unpaired) electrons. The van der Waals surface area contributed by atoms with Crippen molar-refractivity contribution in [2.75, 3.05) is 0 Å². The maximum Gasteiger partial charge on any atom is 0.321 e. The Morgan fingerprint density at radius 2 is 2.19 bits per heavy atom. The Morgan fingerprint density at radius 1 is 1.56 bits per heavy atom. The van der Waals surface area contributed by atoms with Crippen molar-refractivity contribution in [1.82, 2.24) is 4.98 Å². The van der Waals surface area contributed by atoms with Gasteiger partial charge in [0, 0.05) is 6.20 Å². The molecule has 1 aromatic rings. The molecular weight excluding hydrogens is 230 g/mol. The van der Waals surface area contributed by atoms with Crippen LogP contribution in [-0.2, 0) is 20.4 Å². The van der Waals surface area contributed by atoms with E-state index in [0.29, 0.717) is 5.69 Å². The number of rotatable bonds is 4. The van der Waals surface area contributed by atoms with Gasteiger partial charge in [0.25, 0.3) is 0 Å². The predicted octanol–water partition coefficient (Wildman–Crippen LogP) is 0.778. The lowest BCUT2D eigenvalue weighted by molar-refractivity contribution is -0.136. The van der Waals surface area contributed by atoms with E-state index in [4.69, 9.17) is 5.11 Å². The van der Waals surface area contributed by atoms with E-state index in [2.05, 4.69) is 4.98 Å². The molecule has 1 rings (SSSR count). The van der Waals surface area contributed by atoms with Crippen LogP contribution in [0.1, 0.15) is 18.2 Å². The van der Waals surface area contributed by atoms with Gasteiger partial charge in [-0.15, -0.1) is 0 Å². The minimum Gasteiger partial charge on any atom is -0.480 e. The van der Waals surface area contributed by atoms with Crippen molar-refractivity contribution in [3.05, 3.63) is 29.6 Å². The first-order valence-corrected chi connectivity index (χ1v) is 6.41. The lowest BCUT2D eigenvalue weighted by Crippen LogP contribution is -2.28. The summed E-state index contributed by atoms with van der Waals surface area (Å²) in [7, 11) is -3.70. The molecule has 0 aliphatic carbocycles. The Balaban J connectivity index is 2.98. The average molecular weight is 243 g/mol. The van der Waals surface area contributed by atoms with Crippen molar-refractivity contribution in [2.24, 2.45) is 0 Å². The highest BCUT2D eigenvalue weighted by molar-refractivity contribution is 7.91. The lowest BCUT2D eigenvalue weighted by atomic mass is 10.2. The molecule has 0 aliphatic rings. The smallest absolute Gasteiger partial charge is 0.321 e. The summed E-state index contributed by atoms with van der Waals surface area (Å²) >= 11 is 0. The van der Waals surface area contributed by atoms with Crippen molar-refractivity contribution < 1.29 is 18.3 Å². The van der Waals surface area contributed by atoms with Crippen LogP contribution in [0.25, 0.3) is 0 Å². The van der Waals surface area contributed by atoms with E-state index in [-0.39, 0.29) is 5.75 Å². The van der Waals surface area contributed by atoms with Gasteiger partial charge in [0.2, 0.25) is 0 Å². The van der Waals surface area contributed by atoms with Gasteiger partial charge in [0.1, 0.15) is 0 Å². The summed E-state index contributed by atoms with van der Waals surface area (Å²) in [4.78, 5) is 14.6. The van der Waals surface area contributed by atoms with Crippen LogP contribution < -0.4 is 0 Å². The average Bonchev–Trinajstić information content (AvgIpc) is 2.20. The Labute approximate surface area is 94.1 Å². The molecule has 6 heteroatoms. The summed E-state index contributed by atoms with van der Waals surface area (Å²) in [6, 6.07) is 3.44. The van der Waals surface area contributed by atoms with Crippen LogP contribution >= 0.6 is 0 Å². The molecule has 1 unspecified atom stereocenters. The van der Waals surface area contributed by atoms with Gasteiger partial charge in [-0.25, -0.2) is 8.42 Å². The summed E-state index contributed by atoms with van der Waals surface area (Å²) in [6.07, 6.45) is 1.49. The maximum atomic E-state index is 11.7. The number of carboxylic acids is 1. The monoisotopic (exact) mass is 243 g/mol. The third-order valence-electron chi connectivity index (χ3n) is 2.34. The maximum absolute atomic E-state index is 11.7. The molecule has 0 aromatic carbocycles. The predicted molar refractivity (Wildman–Crippen MR) is 58.7 cm³/mol. The van der Waals surface area contributed by atoms with Crippen LogP contribution in [0.5, 0.6) is 0 Å². The van der Waals surface area contributed by atoms with Crippen LogP contribution in [0.2, 0.25) is 0 Å². The quantitative estimate of drug-likeness (QED) is 0.844. The third-order valence-corrected chi connectivity index (χ3v) is 4.30. The Hall–Kier alpha value is -1.43. The fourth-order valence-electron chi connectivity index (χ4n) is 1.14. The molecule has 0 spiro atoms. The molecule has 0 saturated carbocycles. The van der Waals surface area contributed by atoms with Crippen LogP contribution in [0, 0.1) is 6.92 Å². The molecule has 0 bridgehead atoms. The lowest BCUT2D eigenvalue weighted by Gasteiger charge is -2.09. The summed E-state index contributed by atoms with van der Waals surface area (Å²) in [5.41, 5.74) is 1.14. The number of sulfone groups is 1. The second-order valence-corrected chi connectivity index (χ2v) is 5.88. The summed E-state index contributed by atoms with van der Waals surface area (Å²) in [5.74, 6) is -1.68. The second-order valence-electron chi connectivity index (χ2n) is 3.55. The molecule has 0 saturated heterocycles. The molecule has 0 fully saturated rings. The largest absolute Gasteiger partial charge is 0.480 e. The van der Waals surface area contributed by atoms with Gasteiger partial charge in [-0.05, 0) is 25.5 Å². The zero-order chi connectivity index (χ0) is 12.3. The van der Waals surface area contributed by atoms with Gasteiger partial charge < -0.3 is 5.11 Å². The summed E-state index contributed by atoms with van der Waals surface area (Å²) in [6.45, 7) is 2.90. The normalized spacial score (nSPS) is 13.4. The van der Waals surface area contributed by atoms with E-state index in [1.165, 1.54) is 6.20 Å². The van der Waals surface area contributed by atoms with Gasteiger partial charge >= 0.3 is 5.97 Å². The minimum atomic E-state index is -3.70. The van der Waals surface area contributed by atoms with Crippen LogP contribution in [-0.4, -0.2) is 29.7 Å². The number of nitrogens with zero attached hydrogens (tertiary/aromatic N) is 1. The number of aromatic nitrogens is 1. The van der Waals surface area contributed by atoms with Crippen molar-refractivity contribution in [2.45, 2.75) is 24.9 Å². The highest BCUT2D eigenvalue weighted by atomic mass is 32.2. The molecule has 0 aliphatic heterocycles. The molecule has 1 heterocycles. The number of hydrogen-bond acceptors (Lipinski definition) is 4. The number of carboxylic acid groups (broad SMARTS) is 1. The van der Waals surface area contributed by atoms with Gasteiger partial charge in [-0.2, -0.15) is 0 Å². The number of aryl methyl sites for hydroxylation is 1. The van der Waals surface area contributed by atoms with Crippen molar-refractivity contribution in [1.29, 1.82) is 0 Å². The molecular formula is C10H13NO4S. The number of carbonyl (C=O) groups is 1. The van der Waals surface area contributed by atoms with E-state index in [9.17, 15) is 13.2 Å². The molecule has 88 valence electrons. The Kier molecular flexibility index (Phi) is 3.64. The topological polar surface area (TPSA) is 84.3 Å². The fourth-order valence-corrected chi connectivity index (χ4v) is 2.38. The van der Waals surface area contributed by atoms with Gasteiger partial charge in [0.15, 0.2) is 15.1 Å². The molecule has 1 N–H and O–H groups in total. The number of aliphatic carboxylic acids is 1. The van der Waals surface area contributed by atoms with Crippen LogP contribution in [0.15, 0.2) is 18.3 Å². The highest BCUT2D eigenvalue weighted by Gasteiger charge is 2.28. The van der Waals surface area contributed by atoms with E-state index in [0.717, 1.165) is 12.5 Å².